The molecule has 5 nitrogen and oxygen atoms in total. The van der Waals surface area contributed by atoms with Gasteiger partial charge in [0.15, 0.2) is 0 Å². The second kappa shape index (κ2) is 7.51. The summed E-state index contributed by atoms with van der Waals surface area (Å²) >= 11 is 0. The number of nitrogens with zero attached hydrogens (tertiary/aromatic N) is 1. The zero-order valence-electron chi connectivity index (χ0n) is 12.1. The minimum absolute atomic E-state index is 0.0384. The Hall–Kier alpha value is -1.73. The average molecular weight is 321 g/mol. The molecule has 6 heteroatoms. The van der Waals surface area contributed by atoms with Gasteiger partial charge in [-0.25, -0.2) is 8.42 Å². The quantitative estimate of drug-likeness (QED) is 0.806. The fourth-order valence-corrected chi connectivity index (χ4v) is 3.60. The Kier molecular flexibility index (Phi) is 5.68. The number of rotatable bonds is 7. The summed E-state index contributed by atoms with van der Waals surface area (Å²) in [7, 11) is -3.71. The summed E-state index contributed by atoms with van der Waals surface area (Å²) in [4.78, 5) is 0.147. The van der Waals surface area contributed by atoms with Crippen molar-refractivity contribution >= 4 is 10.0 Å². The summed E-state index contributed by atoms with van der Waals surface area (Å²) in [5.74, 6) is 0. The van der Waals surface area contributed by atoms with Crippen molar-refractivity contribution in [3.05, 3.63) is 54.6 Å². The van der Waals surface area contributed by atoms with Gasteiger partial charge in [-0.2, -0.15) is 4.31 Å². The van der Waals surface area contributed by atoms with E-state index in [1.165, 1.54) is 0 Å². The van der Waals surface area contributed by atoms with E-state index in [9.17, 15) is 8.42 Å². The molecule has 0 fully saturated rings. The van der Waals surface area contributed by atoms with Gasteiger partial charge >= 0.3 is 0 Å². The van der Waals surface area contributed by atoms with Crippen molar-refractivity contribution in [2.45, 2.75) is 4.90 Å². The Balaban J connectivity index is 2.29. The summed E-state index contributed by atoms with van der Waals surface area (Å²) in [6.45, 7) is -0.657. The molecule has 0 bridgehead atoms. The van der Waals surface area contributed by atoms with Crippen molar-refractivity contribution < 1.29 is 18.6 Å². The molecule has 2 rings (SSSR count). The van der Waals surface area contributed by atoms with Crippen LogP contribution in [-0.4, -0.2) is 49.2 Å². The molecule has 2 N–H and O–H groups in total. The Bertz CT molecular complexity index is 678. The highest BCUT2D eigenvalue weighted by molar-refractivity contribution is 7.89. The zero-order valence-corrected chi connectivity index (χ0v) is 12.9. The molecule has 0 aliphatic carbocycles. The summed E-state index contributed by atoms with van der Waals surface area (Å²) in [6.07, 6.45) is 0. The molecule has 0 spiro atoms. The molecule has 2 aromatic carbocycles. The number of aliphatic hydroxyl groups excluding tert-OH is 2. The highest BCUT2D eigenvalue weighted by Crippen LogP contribution is 2.22. The van der Waals surface area contributed by atoms with E-state index in [1.54, 1.807) is 24.3 Å². The van der Waals surface area contributed by atoms with Crippen LogP contribution in [0.15, 0.2) is 59.5 Å². The first-order valence-corrected chi connectivity index (χ1v) is 8.41. The van der Waals surface area contributed by atoms with Gasteiger partial charge < -0.3 is 10.2 Å². The SMILES string of the molecule is O=S(=O)(c1ccc(-c2ccccc2)cc1)N(CCO)CCO. The molecule has 2 aromatic rings. The second-order valence-electron chi connectivity index (χ2n) is 4.74. The van der Waals surface area contributed by atoms with Crippen molar-refractivity contribution in [2.75, 3.05) is 26.3 Å². The fraction of sp³-hybridized carbons (Fsp3) is 0.250. The van der Waals surface area contributed by atoms with Crippen molar-refractivity contribution in [3.8, 4) is 11.1 Å². The van der Waals surface area contributed by atoms with E-state index in [-0.39, 0.29) is 31.2 Å². The van der Waals surface area contributed by atoms with Gasteiger partial charge in [-0.1, -0.05) is 42.5 Å². The molecule has 0 heterocycles. The van der Waals surface area contributed by atoms with Crippen LogP contribution in [0.4, 0.5) is 0 Å². The van der Waals surface area contributed by atoms with Gasteiger partial charge in [0.05, 0.1) is 18.1 Å². The third kappa shape index (κ3) is 3.72. The first kappa shape index (κ1) is 16.6. The third-order valence-electron chi connectivity index (χ3n) is 3.30. The predicted octanol–water partition coefficient (Wildman–Crippen LogP) is 1.33. The van der Waals surface area contributed by atoms with Crippen LogP contribution >= 0.6 is 0 Å². The first-order chi connectivity index (χ1) is 10.6. The topological polar surface area (TPSA) is 77.8 Å². The number of hydrogen-bond acceptors (Lipinski definition) is 4. The minimum Gasteiger partial charge on any atom is -0.395 e. The monoisotopic (exact) mass is 321 g/mol. The molecular formula is C16H19NO4S. The number of hydrogen-bond donors (Lipinski definition) is 2. The molecular weight excluding hydrogens is 302 g/mol. The van der Waals surface area contributed by atoms with Crippen LogP contribution in [0, 0.1) is 0 Å². The van der Waals surface area contributed by atoms with Crippen LogP contribution in [0.3, 0.4) is 0 Å². The molecule has 0 amide bonds. The molecule has 0 aliphatic heterocycles. The summed E-state index contributed by atoms with van der Waals surface area (Å²) in [5.41, 5.74) is 1.93. The molecule has 0 saturated heterocycles. The summed E-state index contributed by atoms with van der Waals surface area (Å²) < 4.78 is 26.0. The van der Waals surface area contributed by atoms with Crippen molar-refractivity contribution in [3.63, 3.8) is 0 Å². The van der Waals surface area contributed by atoms with E-state index in [0.717, 1.165) is 15.4 Å². The highest BCUT2D eigenvalue weighted by atomic mass is 32.2. The standard InChI is InChI=1S/C16H19NO4S/c18-12-10-17(11-13-19)22(20,21)16-8-6-15(7-9-16)14-4-2-1-3-5-14/h1-9,18-19H,10-13H2. The predicted molar refractivity (Wildman–Crippen MR) is 84.8 cm³/mol. The van der Waals surface area contributed by atoms with Crippen LogP contribution in [0.5, 0.6) is 0 Å². The molecule has 0 atom stereocenters. The van der Waals surface area contributed by atoms with E-state index in [2.05, 4.69) is 0 Å². The largest absolute Gasteiger partial charge is 0.395 e. The molecule has 0 aliphatic rings. The van der Waals surface area contributed by atoms with Crippen LogP contribution in [0.25, 0.3) is 11.1 Å². The summed E-state index contributed by atoms with van der Waals surface area (Å²) in [6, 6.07) is 16.2. The Morgan fingerprint density at radius 3 is 1.77 bits per heavy atom. The normalized spacial score (nSPS) is 11.8. The van der Waals surface area contributed by atoms with Crippen LogP contribution in [0.2, 0.25) is 0 Å². The van der Waals surface area contributed by atoms with Crippen molar-refractivity contribution in [1.82, 2.24) is 4.31 Å². The Morgan fingerprint density at radius 1 is 0.773 bits per heavy atom. The third-order valence-corrected chi connectivity index (χ3v) is 5.21. The van der Waals surface area contributed by atoms with E-state index in [1.807, 2.05) is 30.3 Å². The lowest BCUT2D eigenvalue weighted by Gasteiger charge is -2.20. The Morgan fingerprint density at radius 2 is 1.27 bits per heavy atom. The maximum absolute atomic E-state index is 12.5. The maximum Gasteiger partial charge on any atom is 0.243 e. The molecule has 0 unspecified atom stereocenters. The number of benzene rings is 2. The smallest absolute Gasteiger partial charge is 0.243 e. The fourth-order valence-electron chi connectivity index (χ4n) is 2.17. The van der Waals surface area contributed by atoms with E-state index >= 15 is 0 Å². The lowest BCUT2D eigenvalue weighted by atomic mass is 10.1. The van der Waals surface area contributed by atoms with Gasteiger partial charge in [0.25, 0.3) is 0 Å². The Labute approximate surface area is 130 Å². The number of aliphatic hydroxyl groups is 2. The van der Waals surface area contributed by atoms with Crippen LogP contribution in [0.1, 0.15) is 0 Å². The molecule has 118 valence electrons. The molecule has 0 aromatic heterocycles. The van der Waals surface area contributed by atoms with Gasteiger partial charge in [0.1, 0.15) is 0 Å². The van der Waals surface area contributed by atoms with Gasteiger partial charge in [0, 0.05) is 13.1 Å². The molecule has 22 heavy (non-hydrogen) atoms. The van der Waals surface area contributed by atoms with Crippen molar-refractivity contribution in [1.29, 1.82) is 0 Å². The molecule has 0 saturated carbocycles. The van der Waals surface area contributed by atoms with Crippen LogP contribution in [-0.2, 0) is 10.0 Å². The maximum atomic E-state index is 12.5. The zero-order chi connectivity index (χ0) is 16.0. The first-order valence-electron chi connectivity index (χ1n) is 6.97. The van der Waals surface area contributed by atoms with Gasteiger partial charge in [-0.05, 0) is 23.3 Å². The van der Waals surface area contributed by atoms with E-state index < -0.39 is 10.0 Å². The van der Waals surface area contributed by atoms with E-state index in [4.69, 9.17) is 10.2 Å². The summed E-state index contributed by atoms with van der Waals surface area (Å²) in [5, 5.41) is 18.0. The average Bonchev–Trinajstić information content (AvgIpc) is 2.55. The second-order valence-corrected chi connectivity index (χ2v) is 6.68. The van der Waals surface area contributed by atoms with Gasteiger partial charge in [-0.3, -0.25) is 0 Å². The van der Waals surface area contributed by atoms with Gasteiger partial charge in [-0.15, -0.1) is 0 Å². The molecule has 0 radical (unpaired) electrons. The lowest BCUT2D eigenvalue weighted by molar-refractivity contribution is 0.217. The van der Waals surface area contributed by atoms with E-state index in [0.29, 0.717) is 0 Å². The highest BCUT2D eigenvalue weighted by Gasteiger charge is 2.23. The van der Waals surface area contributed by atoms with Crippen LogP contribution < -0.4 is 0 Å². The number of sulfonamides is 1. The van der Waals surface area contributed by atoms with Crippen molar-refractivity contribution in [2.24, 2.45) is 0 Å². The minimum atomic E-state index is -3.71. The lowest BCUT2D eigenvalue weighted by Crippen LogP contribution is -2.35. The van der Waals surface area contributed by atoms with Gasteiger partial charge in [0.2, 0.25) is 10.0 Å².